The molecule has 1 heterocycles. The zero-order valence-electron chi connectivity index (χ0n) is 11.6. The summed E-state index contributed by atoms with van der Waals surface area (Å²) in [7, 11) is 0. The van der Waals surface area contributed by atoms with Gasteiger partial charge in [0.25, 0.3) is 0 Å². The third-order valence-corrected chi connectivity index (χ3v) is 3.56. The maximum atomic E-state index is 14.0. The highest BCUT2D eigenvalue weighted by Gasteiger charge is 2.28. The predicted octanol–water partition coefficient (Wildman–Crippen LogP) is 3.05. The molecule has 1 fully saturated rings. The molecule has 3 nitrogen and oxygen atoms in total. The highest BCUT2D eigenvalue weighted by Crippen LogP contribution is 2.30. The Balaban J connectivity index is 2.25. The van der Waals surface area contributed by atoms with Crippen molar-refractivity contribution in [3.8, 4) is 0 Å². The van der Waals surface area contributed by atoms with Crippen LogP contribution in [-0.2, 0) is 9.53 Å². The fourth-order valence-electron chi connectivity index (χ4n) is 2.64. The predicted molar refractivity (Wildman–Crippen MR) is 71.2 cm³/mol. The number of hydrogen-bond acceptors (Lipinski definition) is 3. The molecule has 5 heteroatoms. The first-order valence-electron chi connectivity index (χ1n) is 6.96. The molecule has 0 bridgehead atoms. The maximum absolute atomic E-state index is 14.0. The van der Waals surface area contributed by atoms with Crippen molar-refractivity contribution in [1.29, 1.82) is 0 Å². The first kappa shape index (κ1) is 14.9. The number of carbonyl (C=O) groups excluding carboxylic acids is 1. The second kappa shape index (κ2) is 6.79. The van der Waals surface area contributed by atoms with Crippen LogP contribution >= 0.6 is 0 Å². The Hall–Kier alpha value is -1.49. The lowest BCUT2D eigenvalue weighted by atomic mass is 10.0. The van der Waals surface area contributed by atoms with Crippen molar-refractivity contribution < 1.29 is 18.3 Å². The molecule has 2 rings (SSSR count). The van der Waals surface area contributed by atoms with Gasteiger partial charge in [0.2, 0.25) is 0 Å². The Labute approximate surface area is 117 Å². The van der Waals surface area contributed by atoms with Crippen molar-refractivity contribution in [2.75, 3.05) is 19.7 Å². The van der Waals surface area contributed by atoms with Crippen LogP contribution in [0, 0.1) is 11.6 Å². The van der Waals surface area contributed by atoms with E-state index in [4.69, 9.17) is 4.74 Å². The van der Waals surface area contributed by atoms with Crippen molar-refractivity contribution >= 4 is 5.97 Å². The zero-order chi connectivity index (χ0) is 14.5. The highest BCUT2D eigenvalue weighted by atomic mass is 19.1. The molecule has 1 saturated heterocycles. The van der Waals surface area contributed by atoms with E-state index >= 15 is 0 Å². The summed E-state index contributed by atoms with van der Waals surface area (Å²) in [5, 5.41) is 0. The molecule has 1 unspecified atom stereocenters. The smallest absolute Gasteiger partial charge is 0.307 e. The number of ether oxygens (including phenoxy) is 1. The van der Waals surface area contributed by atoms with Crippen LogP contribution in [0.15, 0.2) is 18.2 Å². The number of benzene rings is 1. The lowest BCUT2D eigenvalue weighted by molar-refractivity contribution is -0.144. The van der Waals surface area contributed by atoms with E-state index in [1.54, 1.807) is 6.92 Å². The van der Waals surface area contributed by atoms with Crippen LogP contribution in [0.3, 0.4) is 0 Å². The Morgan fingerprint density at radius 1 is 1.35 bits per heavy atom. The Morgan fingerprint density at radius 3 is 2.70 bits per heavy atom. The van der Waals surface area contributed by atoms with Gasteiger partial charge in [-0.3, -0.25) is 9.69 Å². The molecule has 1 aliphatic heterocycles. The van der Waals surface area contributed by atoms with E-state index in [0.29, 0.717) is 0 Å². The lowest BCUT2D eigenvalue weighted by Crippen LogP contribution is -2.29. The van der Waals surface area contributed by atoms with Gasteiger partial charge in [0, 0.05) is 11.6 Å². The van der Waals surface area contributed by atoms with Crippen molar-refractivity contribution in [2.45, 2.75) is 32.2 Å². The molecule has 0 amide bonds. The quantitative estimate of drug-likeness (QED) is 0.778. The molecule has 0 aliphatic carbocycles. The SMILES string of the molecule is CCOC(=O)CC(c1cc(F)ccc1F)N1CCCC1. The molecular weight excluding hydrogens is 264 g/mol. The van der Waals surface area contributed by atoms with Crippen LogP contribution in [0.25, 0.3) is 0 Å². The van der Waals surface area contributed by atoms with Crippen LogP contribution in [0.4, 0.5) is 8.78 Å². The van der Waals surface area contributed by atoms with Gasteiger partial charge >= 0.3 is 5.97 Å². The third kappa shape index (κ3) is 3.54. The Bertz CT molecular complexity index is 473. The Kier molecular flexibility index (Phi) is 5.06. The van der Waals surface area contributed by atoms with Gasteiger partial charge in [-0.2, -0.15) is 0 Å². The number of rotatable bonds is 5. The second-order valence-electron chi connectivity index (χ2n) is 4.93. The molecular formula is C15H19F2NO2. The molecule has 1 atom stereocenters. The first-order chi connectivity index (χ1) is 9.61. The maximum Gasteiger partial charge on any atom is 0.307 e. The van der Waals surface area contributed by atoms with Gasteiger partial charge in [-0.15, -0.1) is 0 Å². The van der Waals surface area contributed by atoms with E-state index in [1.807, 2.05) is 4.90 Å². The minimum absolute atomic E-state index is 0.0498. The molecule has 0 radical (unpaired) electrons. The number of halogens is 2. The summed E-state index contributed by atoms with van der Waals surface area (Å²) in [4.78, 5) is 13.7. The normalized spacial score (nSPS) is 17.1. The van der Waals surface area contributed by atoms with E-state index in [2.05, 4.69) is 0 Å². The van der Waals surface area contributed by atoms with E-state index in [9.17, 15) is 13.6 Å². The average molecular weight is 283 g/mol. The van der Waals surface area contributed by atoms with Crippen LogP contribution in [0.5, 0.6) is 0 Å². The molecule has 0 N–H and O–H groups in total. The van der Waals surface area contributed by atoms with Crippen LogP contribution in [-0.4, -0.2) is 30.6 Å². The first-order valence-corrected chi connectivity index (χ1v) is 6.96. The number of hydrogen-bond donors (Lipinski definition) is 0. The summed E-state index contributed by atoms with van der Waals surface area (Å²) in [6.45, 7) is 3.60. The largest absolute Gasteiger partial charge is 0.466 e. The minimum Gasteiger partial charge on any atom is -0.466 e. The fourth-order valence-corrected chi connectivity index (χ4v) is 2.64. The third-order valence-electron chi connectivity index (χ3n) is 3.56. The van der Waals surface area contributed by atoms with Gasteiger partial charge in [-0.1, -0.05) is 0 Å². The number of carbonyl (C=O) groups is 1. The topological polar surface area (TPSA) is 29.5 Å². The van der Waals surface area contributed by atoms with Gasteiger partial charge in [-0.25, -0.2) is 8.78 Å². The summed E-state index contributed by atoms with van der Waals surface area (Å²) >= 11 is 0. The van der Waals surface area contributed by atoms with Gasteiger partial charge in [0.15, 0.2) is 0 Å². The lowest BCUT2D eigenvalue weighted by Gasteiger charge is -2.27. The van der Waals surface area contributed by atoms with Crippen LogP contribution in [0.1, 0.15) is 37.8 Å². The summed E-state index contributed by atoms with van der Waals surface area (Å²) in [5.41, 5.74) is 0.236. The number of nitrogens with zero attached hydrogens (tertiary/aromatic N) is 1. The minimum atomic E-state index is -0.491. The highest BCUT2D eigenvalue weighted by molar-refractivity contribution is 5.70. The summed E-state index contributed by atoms with van der Waals surface area (Å²) < 4.78 is 32.3. The monoisotopic (exact) mass is 283 g/mol. The zero-order valence-corrected chi connectivity index (χ0v) is 11.6. The second-order valence-corrected chi connectivity index (χ2v) is 4.93. The fraction of sp³-hybridized carbons (Fsp3) is 0.533. The van der Waals surface area contributed by atoms with Crippen molar-refractivity contribution in [1.82, 2.24) is 4.90 Å². The molecule has 1 aromatic carbocycles. The summed E-state index contributed by atoms with van der Waals surface area (Å²) in [6.07, 6.45) is 2.07. The van der Waals surface area contributed by atoms with Gasteiger partial charge in [0.1, 0.15) is 11.6 Å². The van der Waals surface area contributed by atoms with Gasteiger partial charge < -0.3 is 4.74 Å². The van der Waals surface area contributed by atoms with Crippen molar-refractivity contribution in [3.05, 3.63) is 35.4 Å². The molecule has 1 aliphatic rings. The summed E-state index contributed by atoms with van der Waals surface area (Å²) in [5.74, 6) is -1.35. The summed E-state index contributed by atoms with van der Waals surface area (Å²) in [6, 6.07) is 2.92. The van der Waals surface area contributed by atoms with Crippen molar-refractivity contribution in [2.24, 2.45) is 0 Å². The van der Waals surface area contributed by atoms with Gasteiger partial charge in [-0.05, 0) is 51.1 Å². The van der Waals surface area contributed by atoms with Crippen molar-refractivity contribution in [3.63, 3.8) is 0 Å². The molecule has 0 saturated carbocycles. The van der Waals surface area contributed by atoms with Crippen LogP contribution in [0.2, 0.25) is 0 Å². The molecule has 1 aromatic rings. The average Bonchev–Trinajstić information content (AvgIpc) is 2.93. The van der Waals surface area contributed by atoms with Gasteiger partial charge in [0.05, 0.1) is 13.0 Å². The van der Waals surface area contributed by atoms with E-state index < -0.39 is 17.7 Å². The molecule has 0 spiro atoms. The molecule has 0 aromatic heterocycles. The standard InChI is InChI=1S/C15H19F2NO2/c1-2-20-15(19)10-14(18-7-3-4-8-18)12-9-11(16)5-6-13(12)17/h5-6,9,14H,2-4,7-8,10H2,1H3. The Morgan fingerprint density at radius 2 is 2.05 bits per heavy atom. The number of likely N-dealkylation sites (tertiary alicyclic amines) is 1. The molecule has 20 heavy (non-hydrogen) atoms. The van der Waals surface area contributed by atoms with E-state index in [0.717, 1.165) is 38.1 Å². The molecule has 110 valence electrons. The van der Waals surface area contributed by atoms with E-state index in [1.165, 1.54) is 6.07 Å². The van der Waals surface area contributed by atoms with E-state index in [-0.39, 0.29) is 24.6 Å². The number of esters is 1. The van der Waals surface area contributed by atoms with Crippen LogP contribution < -0.4 is 0 Å².